The van der Waals surface area contributed by atoms with Crippen molar-refractivity contribution in [3.63, 3.8) is 0 Å². The Hall–Kier alpha value is -2.22. The van der Waals surface area contributed by atoms with Crippen LogP contribution in [0.5, 0.6) is 0 Å². The fourth-order valence-electron chi connectivity index (χ4n) is 3.28. The number of rotatable bonds is 9. The minimum Gasteiger partial charge on any atom is -0.338 e. The van der Waals surface area contributed by atoms with Crippen molar-refractivity contribution in [1.82, 2.24) is 10.6 Å². The molecule has 2 aromatic carbocycles. The lowest BCUT2D eigenvalue weighted by Gasteiger charge is -2.18. The Morgan fingerprint density at radius 2 is 1.71 bits per heavy atom. The van der Waals surface area contributed by atoms with E-state index in [9.17, 15) is 22.8 Å². The lowest BCUT2D eigenvalue weighted by atomic mass is 9.95. The van der Waals surface area contributed by atoms with E-state index in [2.05, 4.69) is 10.6 Å². The van der Waals surface area contributed by atoms with Gasteiger partial charge in [-0.15, -0.1) is 0 Å². The Balaban J connectivity index is 2.12. The van der Waals surface area contributed by atoms with Gasteiger partial charge in [0.1, 0.15) is 0 Å². The van der Waals surface area contributed by atoms with E-state index in [0.29, 0.717) is 36.2 Å². The monoisotopic (exact) mass is 534 g/mol. The third-order valence-electron chi connectivity index (χ3n) is 4.95. The van der Waals surface area contributed by atoms with Gasteiger partial charge in [-0.3, -0.25) is 4.79 Å². The predicted octanol–water partition coefficient (Wildman–Crippen LogP) is 7.60. The number of hydrogen-bond acceptors (Lipinski definition) is 2. The van der Waals surface area contributed by atoms with Crippen LogP contribution in [0.25, 0.3) is 6.08 Å². The standard InChI is InChI=1S/C24H24Cl3F3N2O2/c1-3-31-23(34)32-10-4-5-21(33)17-8-6-15(11-14(17)2)7-9-18(24(28,29)30)16-12-19(25)22(27)20(26)13-16/h6-9,11-13,18H,3-5,10H2,1-2H3,(H2,31,32,34)/b9-7+. The van der Waals surface area contributed by atoms with Crippen LogP contribution in [0.15, 0.2) is 36.4 Å². The van der Waals surface area contributed by atoms with Crippen LogP contribution < -0.4 is 10.6 Å². The molecule has 0 spiro atoms. The van der Waals surface area contributed by atoms with Crippen molar-refractivity contribution in [2.24, 2.45) is 0 Å². The maximum atomic E-state index is 13.7. The summed E-state index contributed by atoms with van der Waals surface area (Å²) in [4.78, 5) is 23.8. The van der Waals surface area contributed by atoms with Crippen LogP contribution in [0.4, 0.5) is 18.0 Å². The number of benzene rings is 2. The Morgan fingerprint density at radius 3 is 2.26 bits per heavy atom. The van der Waals surface area contributed by atoms with Gasteiger partial charge in [0.2, 0.25) is 0 Å². The fourth-order valence-corrected chi connectivity index (χ4v) is 3.90. The number of nitrogens with one attached hydrogen (secondary N) is 2. The van der Waals surface area contributed by atoms with Gasteiger partial charge in [-0.05, 0) is 49.1 Å². The summed E-state index contributed by atoms with van der Waals surface area (Å²) in [6.07, 6.45) is -1.53. The average Bonchev–Trinajstić information content (AvgIpc) is 2.74. The number of halogens is 6. The second-order valence-corrected chi connectivity index (χ2v) is 8.76. The molecule has 2 rings (SSSR count). The summed E-state index contributed by atoms with van der Waals surface area (Å²) in [7, 11) is 0. The van der Waals surface area contributed by atoms with E-state index < -0.39 is 12.1 Å². The van der Waals surface area contributed by atoms with Gasteiger partial charge in [0, 0.05) is 25.1 Å². The van der Waals surface area contributed by atoms with Crippen molar-refractivity contribution >= 4 is 52.7 Å². The molecule has 2 amide bonds. The van der Waals surface area contributed by atoms with E-state index in [-0.39, 0.29) is 38.9 Å². The van der Waals surface area contributed by atoms with Crippen LogP contribution in [-0.4, -0.2) is 31.1 Å². The molecule has 2 aromatic rings. The Labute approximate surface area is 211 Å². The summed E-state index contributed by atoms with van der Waals surface area (Å²) in [6, 6.07) is 6.82. The highest BCUT2D eigenvalue weighted by Crippen LogP contribution is 2.41. The summed E-state index contributed by atoms with van der Waals surface area (Å²) in [5.41, 5.74) is 1.50. The number of allylic oxidation sites excluding steroid dienone is 1. The van der Waals surface area contributed by atoms with Gasteiger partial charge < -0.3 is 10.6 Å². The molecule has 0 saturated heterocycles. The second kappa shape index (κ2) is 12.5. The maximum absolute atomic E-state index is 13.7. The van der Waals surface area contributed by atoms with Crippen LogP contribution in [0.2, 0.25) is 15.1 Å². The number of carbonyl (C=O) groups excluding carboxylic acids is 2. The van der Waals surface area contributed by atoms with E-state index in [4.69, 9.17) is 34.8 Å². The minimum atomic E-state index is -4.58. The molecule has 0 aromatic heterocycles. The number of ketones is 1. The van der Waals surface area contributed by atoms with Crippen LogP contribution in [0.3, 0.4) is 0 Å². The summed E-state index contributed by atoms with van der Waals surface area (Å²) >= 11 is 17.7. The first-order valence-electron chi connectivity index (χ1n) is 10.5. The summed E-state index contributed by atoms with van der Waals surface area (Å²) < 4.78 is 41.2. The molecule has 0 saturated carbocycles. The van der Waals surface area contributed by atoms with Gasteiger partial charge in [0.15, 0.2) is 5.78 Å². The van der Waals surface area contributed by atoms with Gasteiger partial charge >= 0.3 is 12.2 Å². The van der Waals surface area contributed by atoms with Crippen molar-refractivity contribution in [1.29, 1.82) is 0 Å². The first-order chi connectivity index (χ1) is 15.9. The van der Waals surface area contributed by atoms with Gasteiger partial charge in [0.25, 0.3) is 0 Å². The van der Waals surface area contributed by atoms with E-state index in [0.717, 1.165) is 18.2 Å². The molecule has 0 bridgehead atoms. The number of aryl methyl sites for hydroxylation is 1. The lowest BCUT2D eigenvalue weighted by molar-refractivity contribution is -0.139. The van der Waals surface area contributed by atoms with Crippen molar-refractivity contribution in [3.05, 3.63) is 73.7 Å². The SMILES string of the molecule is CCNC(=O)NCCCC(=O)c1ccc(/C=C/C(c2cc(Cl)c(Cl)c(Cl)c2)C(F)(F)F)cc1C. The molecule has 1 atom stereocenters. The molecule has 2 N–H and O–H groups in total. The number of carbonyl (C=O) groups is 2. The quantitative estimate of drug-likeness (QED) is 0.197. The molecular weight excluding hydrogens is 512 g/mol. The molecule has 0 heterocycles. The number of urea groups is 1. The zero-order valence-corrected chi connectivity index (χ0v) is 20.8. The van der Waals surface area contributed by atoms with Crippen molar-refractivity contribution < 1.29 is 22.8 Å². The first kappa shape index (κ1) is 28.0. The number of hydrogen-bond donors (Lipinski definition) is 2. The molecule has 34 heavy (non-hydrogen) atoms. The third kappa shape index (κ3) is 7.93. The smallest absolute Gasteiger partial charge is 0.338 e. The van der Waals surface area contributed by atoms with Crippen molar-refractivity contribution in [2.75, 3.05) is 13.1 Å². The molecule has 0 aliphatic heterocycles. The highest BCUT2D eigenvalue weighted by molar-refractivity contribution is 6.48. The van der Waals surface area contributed by atoms with Crippen LogP contribution in [0, 0.1) is 6.92 Å². The summed E-state index contributed by atoms with van der Waals surface area (Å²) in [5.74, 6) is -2.05. The second-order valence-electron chi connectivity index (χ2n) is 7.56. The zero-order valence-electron chi connectivity index (χ0n) is 18.5. The molecule has 1 unspecified atom stereocenters. The minimum absolute atomic E-state index is 0.00660. The van der Waals surface area contributed by atoms with Crippen LogP contribution in [-0.2, 0) is 0 Å². The largest absolute Gasteiger partial charge is 0.399 e. The van der Waals surface area contributed by atoms with E-state index >= 15 is 0 Å². The first-order valence-corrected chi connectivity index (χ1v) is 11.6. The number of amides is 2. The van der Waals surface area contributed by atoms with E-state index in [1.165, 1.54) is 6.08 Å². The van der Waals surface area contributed by atoms with Gasteiger partial charge in [0.05, 0.1) is 21.0 Å². The summed E-state index contributed by atoms with van der Waals surface area (Å²) in [5, 5.41) is 5.11. The number of Topliss-reactive ketones (excluding diaryl/α,β-unsaturated/α-hetero) is 1. The van der Waals surface area contributed by atoms with Gasteiger partial charge in [-0.1, -0.05) is 65.2 Å². The van der Waals surface area contributed by atoms with Gasteiger partial charge in [-0.2, -0.15) is 13.2 Å². The number of alkyl halides is 3. The van der Waals surface area contributed by atoms with Crippen molar-refractivity contribution in [3.8, 4) is 0 Å². The fraction of sp³-hybridized carbons (Fsp3) is 0.333. The van der Waals surface area contributed by atoms with Crippen LogP contribution >= 0.6 is 34.8 Å². The van der Waals surface area contributed by atoms with E-state index in [1.54, 1.807) is 32.0 Å². The third-order valence-corrected chi connectivity index (χ3v) is 6.15. The molecule has 10 heteroatoms. The maximum Gasteiger partial charge on any atom is 0.399 e. The summed E-state index contributed by atoms with van der Waals surface area (Å²) in [6.45, 7) is 4.39. The normalized spacial score (nSPS) is 12.6. The topological polar surface area (TPSA) is 58.2 Å². The predicted molar refractivity (Wildman–Crippen MR) is 131 cm³/mol. The molecule has 0 aliphatic rings. The lowest BCUT2D eigenvalue weighted by Crippen LogP contribution is -2.35. The molecule has 4 nitrogen and oxygen atoms in total. The molecule has 0 fully saturated rings. The highest BCUT2D eigenvalue weighted by atomic mass is 35.5. The Bertz CT molecular complexity index is 1050. The molecular formula is C24H24Cl3F3N2O2. The molecule has 184 valence electrons. The van der Waals surface area contributed by atoms with Crippen molar-refractivity contribution in [2.45, 2.75) is 38.8 Å². The Kier molecular flexibility index (Phi) is 10.3. The van der Waals surface area contributed by atoms with Gasteiger partial charge in [-0.25, -0.2) is 4.79 Å². The molecule has 0 aliphatic carbocycles. The average molecular weight is 536 g/mol. The zero-order chi connectivity index (χ0) is 25.5. The van der Waals surface area contributed by atoms with E-state index in [1.807, 2.05) is 0 Å². The van der Waals surface area contributed by atoms with Crippen LogP contribution in [0.1, 0.15) is 52.7 Å². The highest BCUT2D eigenvalue weighted by Gasteiger charge is 2.39. The Morgan fingerprint density at radius 1 is 1.06 bits per heavy atom. The molecule has 0 radical (unpaired) electrons.